The number of carbonyl (C=O) groups is 1. The highest BCUT2D eigenvalue weighted by molar-refractivity contribution is 6.11. The number of nitrogens with zero attached hydrogens (tertiary/aromatic N) is 2. The molecule has 0 bridgehead atoms. The van der Waals surface area contributed by atoms with Crippen LogP contribution in [0.15, 0.2) is 28.9 Å². The van der Waals surface area contributed by atoms with Gasteiger partial charge in [0.25, 0.3) is 5.72 Å². The Morgan fingerprint density at radius 1 is 1.05 bits per heavy atom. The minimum Gasteiger partial charge on any atom is -0.363 e. The summed E-state index contributed by atoms with van der Waals surface area (Å²) in [5, 5.41) is 33.4. The topological polar surface area (TPSA) is 121 Å². The number of fused-ring (bicyclic) bond motifs is 4. The van der Waals surface area contributed by atoms with Crippen LogP contribution in [0, 0.1) is 0 Å². The van der Waals surface area contributed by atoms with E-state index in [0.717, 1.165) is 0 Å². The highest BCUT2D eigenvalue weighted by Crippen LogP contribution is 2.48. The van der Waals surface area contributed by atoms with Crippen LogP contribution >= 0.6 is 0 Å². The molecule has 0 spiro atoms. The van der Waals surface area contributed by atoms with Gasteiger partial charge in [-0.15, -0.1) is 0 Å². The molecule has 4 rings (SSSR count). The number of rotatable bonds is 0. The second-order valence-electron chi connectivity index (χ2n) is 4.51. The van der Waals surface area contributed by atoms with Crippen molar-refractivity contribution in [3.8, 4) is 0 Å². The van der Waals surface area contributed by atoms with Crippen molar-refractivity contribution in [3.05, 3.63) is 35.4 Å². The zero-order valence-electron chi connectivity index (χ0n) is 9.41. The zero-order valence-corrected chi connectivity index (χ0v) is 9.41. The number of anilines is 2. The summed E-state index contributed by atoms with van der Waals surface area (Å²) in [6.45, 7) is 0. The first-order valence-electron chi connectivity index (χ1n) is 5.54. The van der Waals surface area contributed by atoms with Gasteiger partial charge in [0.15, 0.2) is 0 Å². The molecule has 1 aromatic heterocycles. The Kier molecular flexibility index (Phi) is 1.61. The van der Waals surface area contributed by atoms with Crippen molar-refractivity contribution in [1.82, 2.24) is 10.3 Å². The van der Waals surface area contributed by atoms with Gasteiger partial charge >= 0.3 is 0 Å². The molecule has 0 saturated carbocycles. The third-order valence-electron chi connectivity index (χ3n) is 3.50. The number of aromatic nitrogens is 2. The summed E-state index contributed by atoms with van der Waals surface area (Å²) in [6, 6.07) is 6.40. The van der Waals surface area contributed by atoms with E-state index < -0.39 is 17.2 Å². The van der Waals surface area contributed by atoms with E-state index in [2.05, 4.69) is 25.6 Å². The predicted octanol–water partition coefficient (Wildman–Crippen LogP) is -0.363. The quantitative estimate of drug-likeness (QED) is 0.506. The third kappa shape index (κ3) is 0.996. The summed E-state index contributed by atoms with van der Waals surface area (Å²) in [5.74, 6) is -0.461. The molecule has 0 fully saturated rings. The van der Waals surface area contributed by atoms with Crippen LogP contribution in [-0.4, -0.2) is 32.0 Å². The number of ketones is 1. The van der Waals surface area contributed by atoms with E-state index >= 15 is 0 Å². The first kappa shape index (κ1) is 10.5. The number of benzene rings is 1. The van der Waals surface area contributed by atoms with Gasteiger partial charge in [0.05, 0.1) is 0 Å². The maximum absolute atomic E-state index is 12.3. The maximum Gasteiger partial charge on any atom is 0.255 e. The maximum atomic E-state index is 12.3. The van der Waals surface area contributed by atoms with Gasteiger partial charge in [0, 0.05) is 11.1 Å². The van der Waals surface area contributed by atoms with E-state index in [1.54, 1.807) is 18.2 Å². The van der Waals surface area contributed by atoms with E-state index in [1.807, 2.05) is 0 Å². The van der Waals surface area contributed by atoms with E-state index in [-0.39, 0.29) is 22.8 Å². The number of hydrogen-bond donors (Lipinski definition) is 4. The average Bonchev–Trinajstić information content (AvgIpc) is 2.90. The molecule has 96 valence electrons. The summed E-state index contributed by atoms with van der Waals surface area (Å²) < 4.78 is 4.49. The SMILES string of the molecule is O=C1c2ccccc2[C@]2(O)Nc3nonc3N[C@]12O. The molecule has 1 aliphatic carbocycles. The van der Waals surface area contributed by atoms with Gasteiger partial charge in [-0.3, -0.25) is 4.79 Å². The monoisotopic (exact) mass is 260 g/mol. The van der Waals surface area contributed by atoms with Crippen LogP contribution in [-0.2, 0) is 5.72 Å². The highest BCUT2D eigenvalue weighted by atomic mass is 16.6. The van der Waals surface area contributed by atoms with E-state index in [0.29, 0.717) is 0 Å². The van der Waals surface area contributed by atoms with Crippen LogP contribution in [0.25, 0.3) is 0 Å². The van der Waals surface area contributed by atoms with Crippen LogP contribution in [0.5, 0.6) is 0 Å². The average molecular weight is 260 g/mol. The molecule has 2 aromatic rings. The van der Waals surface area contributed by atoms with Crippen molar-refractivity contribution in [2.24, 2.45) is 0 Å². The Labute approximate surface area is 106 Å². The number of hydrogen-bond acceptors (Lipinski definition) is 8. The third-order valence-corrected chi connectivity index (χ3v) is 3.50. The minimum atomic E-state index is -2.25. The first-order chi connectivity index (χ1) is 9.06. The molecule has 2 aliphatic rings. The molecule has 1 aromatic carbocycles. The Hall–Kier alpha value is -2.45. The number of aliphatic hydroxyl groups is 2. The van der Waals surface area contributed by atoms with Crippen LogP contribution < -0.4 is 10.6 Å². The standard InChI is InChI=1S/C11H8N4O4/c16-7-5-3-1-2-4-6(5)10(17)11(7,18)13-9-8(12-10)14-19-15-9/h1-4,17-18H,(H,12,14)(H,13,15)/t10-,11+/m1/s1. The highest BCUT2D eigenvalue weighted by Gasteiger charge is 2.66. The van der Waals surface area contributed by atoms with Gasteiger partial charge in [-0.2, -0.15) is 0 Å². The molecule has 2 atom stereocenters. The molecule has 8 heteroatoms. The van der Waals surface area contributed by atoms with Gasteiger partial charge in [0.1, 0.15) is 0 Å². The molecule has 4 N–H and O–H groups in total. The van der Waals surface area contributed by atoms with Gasteiger partial charge in [0.2, 0.25) is 23.1 Å². The van der Waals surface area contributed by atoms with Gasteiger partial charge in [-0.1, -0.05) is 24.3 Å². The van der Waals surface area contributed by atoms with Gasteiger partial charge in [-0.25, -0.2) is 4.63 Å². The Morgan fingerprint density at radius 2 is 1.68 bits per heavy atom. The second kappa shape index (κ2) is 2.92. The number of Topliss-reactive ketones (excluding diaryl/α,β-unsaturated/α-hetero) is 1. The Balaban J connectivity index is 2.01. The van der Waals surface area contributed by atoms with Crippen molar-refractivity contribution in [2.75, 3.05) is 10.6 Å². The lowest BCUT2D eigenvalue weighted by atomic mass is 9.96. The molecule has 0 radical (unpaired) electrons. The fourth-order valence-electron chi connectivity index (χ4n) is 2.55. The molecule has 2 heterocycles. The number of carbonyl (C=O) groups excluding carboxylic acids is 1. The minimum absolute atomic E-state index is 0.0633. The van der Waals surface area contributed by atoms with Crippen molar-refractivity contribution >= 4 is 17.4 Å². The van der Waals surface area contributed by atoms with E-state index in [4.69, 9.17) is 0 Å². The fourth-order valence-corrected chi connectivity index (χ4v) is 2.55. The van der Waals surface area contributed by atoms with Crippen molar-refractivity contribution in [2.45, 2.75) is 11.4 Å². The van der Waals surface area contributed by atoms with Crippen LogP contribution in [0.3, 0.4) is 0 Å². The first-order valence-corrected chi connectivity index (χ1v) is 5.54. The largest absolute Gasteiger partial charge is 0.363 e. The van der Waals surface area contributed by atoms with Crippen molar-refractivity contribution in [1.29, 1.82) is 0 Å². The fraction of sp³-hybridized carbons (Fsp3) is 0.182. The number of nitrogens with one attached hydrogen (secondary N) is 2. The predicted molar refractivity (Wildman–Crippen MR) is 61.2 cm³/mol. The molecule has 0 saturated heterocycles. The molecular formula is C11H8N4O4. The Morgan fingerprint density at radius 3 is 2.42 bits per heavy atom. The van der Waals surface area contributed by atoms with Gasteiger partial charge < -0.3 is 20.8 Å². The lowest BCUT2D eigenvalue weighted by Gasteiger charge is -2.40. The van der Waals surface area contributed by atoms with Crippen molar-refractivity contribution in [3.63, 3.8) is 0 Å². The Bertz CT molecular complexity index is 714. The van der Waals surface area contributed by atoms with Crippen LogP contribution in [0.1, 0.15) is 15.9 Å². The van der Waals surface area contributed by atoms with E-state index in [1.165, 1.54) is 6.07 Å². The van der Waals surface area contributed by atoms with Crippen molar-refractivity contribution < 1.29 is 19.6 Å². The molecule has 1 aliphatic heterocycles. The van der Waals surface area contributed by atoms with Crippen LogP contribution in [0.2, 0.25) is 0 Å². The smallest absolute Gasteiger partial charge is 0.255 e. The normalized spacial score (nSPS) is 30.9. The van der Waals surface area contributed by atoms with Gasteiger partial charge in [-0.05, 0) is 10.3 Å². The summed E-state index contributed by atoms with van der Waals surface area (Å²) in [7, 11) is 0. The molecule has 8 nitrogen and oxygen atoms in total. The second-order valence-corrected chi connectivity index (χ2v) is 4.51. The summed E-state index contributed by atoms with van der Waals surface area (Å²) in [4.78, 5) is 12.3. The lowest BCUT2D eigenvalue weighted by molar-refractivity contribution is -0.0917. The van der Waals surface area contributed by atoms with Crippen LogP contribution in [0.4, 0.5) is 11.6 Å². The lowest BCUT2D eigenvalue weighted by Crippen LogP contribution is -2.63. The van der Waals surface area contributed by atoms with E-state index in [9.17, 15) is 15.0 Å². The summed E-state index contributed by atoms with van der Waals surface area (Å²) in [6.07, 6.45) is 0. The molecular weight excluding hydrogens is 252 g/mol. The summed E-state index contributed by atoms with van der Waals surface area (Å²) in [5.41, 5.74) is -3.77. The molecule has 0 amide bonds. The zero-order chi connectivity index (χ0) is 13.3. The summed E-state index contributed by atoms with van der Waals surface area (Å²) >= 11 is 0. The molecule has 19 heavy (non-hydrogen) atoms. The molecule has 0 unspecified atom stereocenters.